The third kappa shape index (κ3) is 7.66. The van der Waals surface area contributed by atoms with E-state index in [0.29, 0.717) is 24.5 Å². The lowest BCUT2D eigenvalue weighted by molar-refractivity contribution is -0.0341. The summed E-state index contributed by atoms with van der Waals surface area (Å²) in [7, 11) is 0. The van der Waals surface area contributed by atoms with Gasteiger partial charge in [-0.15, -0.1) is 0 Å². The summed E-state index contributed by atoms with van der Waals surface area (Å²) < 4.78 is 6.05. The molecule has 0 amide bonds. The van der Waals surface area contributed by atoms with Crippen LogP contribution >= 0.6 is 0 Å². The monoisotopic (exact) mass is 418 g/mol. The summed E-state index contributed by atoms with van der Waals surface area (Å²) in [4.78, 5) is 0. The summed E-state index contributed by atoms with van der Waals surface area (Å²) in [6.07, 6.45) is 18.2. The normalized spacial score (nSPS) is 32.9. The van der Waals surface area contributed by atoms with Crippen LogP contribution in [0.1, 0.15) is 105 Å². The summed E-state index contributed by atoms with van der Waals surface area (Å²) in [5, 5.41) is 19.9. The van der Waals surface area contributed by atoms with Crippen LogP contribution in [0, 0.1) is 5.41 Å². The van der Waals surface area contributed by atoms with Crippen LogP contribution in [0.15, 0.2) is 35.5 Å². The van der Waals surface area contributed by atoms with Crippen molar-refractivity contribution in [1.82, 2.24) is 0 Å². The molecule has 0 aliphatic heterocycles. The van der Waals surface area contributed by atoms with Gasteiger partial charge in [0.1, 0.15) is 0 Å². The number of aliphatic hydroxyl groups excluding tert-OH is 1. The van der Waals surface area contributed by atoms with E-state index in [9.17, 15) is 10.2 Å². The molecule has 30 heavy (non-hydrogen) atoms. The Balaban J connectivity index is 0.00000155. The molecule has 3 saturated carbocycles. The standard InChI is InChI=1S/C25H40O3.C2H6/c1-19-21(7-4-8-23(19)26)10-9-20-6-5-13-25(18-20)14-11-22(12-15-25)28-17-16-24(2,3)27;1-2/h9-10,22-23,26-27H,1,4-8,11-18H2,2-3H3;1-2H3/b20-9+,21-10-;/t22?,23-,25?;/m0./s1. The zero-order valence-corrected chi connectivity index (χ0v) is 20.0. The first-order chi connectivity index (χ1) is 14.3. The highest BCUT2D eigenvalue weighted by molar-refractivity contribution is 5.37. The lowest BCUT2D eigenvalue weighted by Gasteiger charge is -2.43. The van der Waals surface area contributed by atoms with Gasteiger partial charge in [-0.25, -0.2) is 0 Å². The van der Waals surface area contributed by atoms with Gasteiger partial charge in [0.05, 0.1) is 17.8 Å². The molecule has 0 saturated heterocycles. The highest BCUT2D eigenvalue weighted by atomic mass is 16.5. The minimum absolute atomic E-state index is 0.345. The second kappa shape index (κ2) is 11.6. The fraction of sp³-hybridized carbons (Fsp3) is 0.778. The van der Waals surface area contributed by atoms with Crippen molar-refractivity contribution >= 4 is 0 Å². The molecule has 0 unspecified atom stereocenters. The van der Waals surface area contributed by atoms with Crippen LogP contribution in [0.3, 0.4) is 0 Å². The van der Waals surface area contributed by atoms with Crippen LogP contribution in [0.4, 0.5) is 0 Å². The number of hydrogen-bond acceptors (Lipinski definition) is 3. The molecule has 0 radical (unpaired) electrons. The summed E-state index contributed by atoms with van der Waals surface area (Å²) in [6.45, 7) is 12.5. The molecule has 0 aromatic rings. The second-order valence-corrected chi connectivity index (χ2v) is 10.1. The quantitative estimate of drug-likeness (QED) is 0.525. The van der Waals surface area contributed by atoms with E-state index in [4.69, 9.17) is 4.74 Å². The fourth-order valence-corrected chi connectivity index (χ4v) is 5.21. The molecule has 0 heterocycles. The van der Waals surface area contributed by atoms with Gasteiger partial charge in [0.25, 0.3) is 0 Å². The van der Waals surface area contributed by atoms with Crippen molar-refractivity contribution in [3.05, 3.63) is 35.5 Å². The molecule has 3 rings (SSSR count). The van der Waals surface area contributed by atoms with Crippen LogP contribution in [0.2, 0.25) is 0 Å². The predicted octanol–water partition coefficient (Wildman–Crippen LogP) is 6.65. The number of allylic oxidation sites excluding steroid dienone is 3. The molecule has 172 valence electrons. The first kappa shape index (κ1) is 25.4. The van der Waals surface area contributed by atoms with E-state index in [1.165, 1.54) is 44.1 Å². The summed E-state index contributed by atoms with van der Waals surface area (Å²) in [6, 6.07) is 0. The number of rotatable bonds is 5. The molecular weight excluding hydrogens is 372 g/mol. The molecule has 3 fully saturated rings. The summed E-state index contributed by atoms with van der Waals surface area (Å²) >= 11 is 0. The first-order valence-electron chi connectivity index (χ1n) is 12.4. The van der Waals surface area contributed by atoms with E-state index in [-0.39, 0.29) is 6.10 Å². The highest BCUT2D eigenvalue weighted by Gasteiger charge is 2.37. The van der Waals surface area contributed by atoms with E-state index in [1.807, 2.05) is 27.7 Å². The minimum Gasteiger partial charge on any atom is -0.390 e. The van der Waals surface area contributed by atoms with E-state index >= 15 is 0 Å². The van der Waals surface area contributed by atoms with Crippen molar-refractivity contribution in [3.8, 4) is 0 Å². The molecule has 1 atom stereocenters. The van der Waals surface area contributed by atoms with Gasteiger partial charge in [0.2, 0.25) is 0 Å². The van der Waals surface area contributed by atoms with Gasteiger partial charge in [0, 0.05) is 6.61 Å². The Morgan fingerprint density at radius 2 is 1.77 bits per heavy atom. The van der Waals surface area contributed by atoms with Crippen molar-refractivity contribution in [3.63, 3.8) is 0 Å². The van der Waals surface area contributed by atoms with Gasteiger partial charge in [-0.2, -0.15) is 0 Å². The van der Waals surface area contributed by atoms with Gasteiger partial charge >= 0.3 is 0 Å². The smallest absolute Gasteiger partial charge is 0.0787 e. The Morgan fingerprint density at radius 3 is 2.43 bits per heavy atom. The highest BCUT2D eigenvalue weighted by Crippen LogP contribution is 2.49. The Kier molecular flexibility index (Phi) is 9.84. The molecule has 3 aliphatic rings. The van der Waals surface area contributed by atoms with Gasteiger partial charge in [-0.1, -0.05) is 38.2 Å². The lowest BCUT2D eigenvalue weighted by Crippen LogP contribution is -2.34. The molecular formula is C27H46O3. The fourth-order valence-electron chi connectivity index (χ4n) is 5.21. The number of aliphatic hydroxyl groups is 2. The van der Waals surface area contributed by atoms with E-state index in [1.54, 1.807) is 5.57 Å². The predicted molar refractivity (Wildman–Crippen MR) is 127 cm³/mol. The molecule has 3 nitrogen and oxygen atoms in total. The van der Waals surface area contributed by atoms with Gasteiger partial charge in [-0.3, -0.25) is 0 Å². The zero-order valence-electron chi connectivity index (χ0n) is 20.0. The second-order valence-electron chi connectivity index (χ2n) is 10.1. The number of ether oxygens (including phenoxy) is 1. The minimum atomic E-state index is -0.632. The van der Waals surface area contributed by atoms with Crippen LogP contribution in [0.25, 0.3) is 0 Å². The third-order valence-corrected chi connectivity index (χ3v) is 7.13. The Hall–Kier alpha value is -0.900. The maximum absolute atomic E-state index is 10.0. The van der Waals surface area contributed by atoms with E-state index < -0.39 is 5.60 Å². The Labute approximate surface area is 185 Å². The maximum Gasteiger partial charge on any atom is 0.0787 e. The third-order valence-electron chi connectivity index (χ3n) is 7.13. The molecule has 0 bridgehead atoms. The summed E-state index contributed by atoms with van der Waals surface area (Å²) in [5.74, 6) is 0. The van der Waals surface area contributed by atoms with E-state index in [2.05, 4.69) is 18.7 Å². The Morgan fingerprint density at radius 1 is 1.07 bits per heavy atom. The molecule has 0 aromatic heterocycles. The van der Waals surface area contributed by atoms with Crippen LogP contribution in [0.5, 0.6) is 0 Å². The van der Waals surface area contributed by atoms with Gasteiger partial charge in [-0.05, 0) is 107 Å². The van der Waals surface area contributed by atoms with Gasteiger partial charge in [0.15, 0.2) is 0 Å². The molecule has 3 heteroatoms. The molecule has 1 spiro atoms. The first-order valence-corrected chi connectivity index (χ1v) is 12.4. The summed E-state index contributed by atoms with van der Waals surface area (Å²) in [5.41, 5.74) is 3.59. The topological polar surface area (TPSA) is 49.7 Å². The van der Waals surface area contributed by atoms with Crippen molar-refractivity contribution in [2.24, 2.45) is 5.41 Å². The SMILES string of the molecule is C=C1/C(=C\C=C2/CCCC3(CCC(OCCC(C)(C)O)CC3)C2)CCC[C@@H]1O.CC. The average molecular weight is 419 g/mol. The van der Waals surface area contributed by atoms with Crippen molar-refractivity contribution in [1.29, 1.82) is 0 Å². The zero-order chi connectivity index (χ0) is 22.2. The van der Waals surface area contributed by atoms with Crippen LogP contribution in [-0.4, -0.2) is 34.6 Å². The molecule has 3 aliphatic carbocycles. The van der Waals surface area contributed by atoms with Crippen molar-refractivity contribution in [2.45, 2.75) is 123 Å². The van der Waals surface area contributed by atoms with Crippen LogP contribution in [-0.2, 0) is 4.74 Å². The van der Waals surface area contributed by atoms with Crippen molar-refractivity contribution < 1.29 is 14.9 Å². The molecule has 2 N–H and O–H groups in total. The van der Waals surface area contributed by atoms with Crippen molar-refractivity contribution in [2.75, 3.05) is 6.61 Å². The lowest BCUT2D eigenvalue weighted by atomic mass is 9.63. The number of hydrogen-bond donors (Lipinski definition) is 2. The Bertz CT molecular complexity index is 600. The maximum atomic E-state index is 10.0. The van der Waals surface area contributed by atoms with E-state index in [0.717, 1.165) is 37.7 Å². The average Bonchev–Trinajstić information content (AvgIpc) is 2.72. The largest absolute Gasteiger partial charge is 0.390 e. The molecule has 0 aromatic carbocycles. The van der Waals surface area contributed by atoms with Crippen LogP contribution < -0.4 is 0 Å². The van der Waals surface area contributed by atoms with Gasteiger partial charge < -0.3 is 14.9 Å².